The molecule has 0 aliphatic heterocycles. The minimum absolute atomic E-state index is 0.0724. The first-order valence-corrected chi connectivity index (χ1v) is 27.2. The quantitative estimate of drug-likeness (QED) is 0.0286. The summed E-state index contributed by atoms with van der Waals surface area (Å²) in [7, 11) is 0. The van der Waals surface area contributed by atoms with Crippen molar-refractivity contribution in [3.05, 3.63) is 108 Å². The summed E-state index contributed by atoms with van der Waals surface area (Å²) in [5, 5.41) is 0. The van der Waals surface area contributed by atoms with E-state index in [1.807, 2.05) is 0 Å². The Morgan fingerprint density at radius 1 is 0.469 bits per heavy atom. The average molecular weight is 1130 g/mol. The molecule has 2 fully saturated rings. The first kappa shape index (κ1) is 63.7. The fraction of sp³-hybridized carbons (Fsp3) is 0.475. The molecular formula is C61H72O20. The molecule has 436 valence electrons. The average Bonchev–Trinajstić information content (AvgIpc) is 3.57. The number of carbonyl (C=O) groups excluding carboxylic acids is 10. The molecule has 2 aliphatic rings. The maximum absolute atomic E-state index is 13.5. The van der Waals surface area contributed by atoms with Crippen LogP contribution in [0.1, 0.15) is 119 Å². The topological polar surface area (TPSA) is 263 Å². The summed E-state index contributed by atoms with van der Waals surface area (Å²) in [4.78, 5) is 124. The van der Waals surface area contributed by atoms with Crippen LogP contribution in [0.5, 0.6) is 23.0 Å². The monoisotopic (exact) mass is 1120 g/mol. The van der Waals surface area contributed by atoms with E-state index in [1.165, 1.54) is 0 Å². The standard InChI is InChI=1S/C61H72O20/c1-8-51(62)74-35-39(5)77-56(67)29-28-54(65)73-33-31-43-12-24-48(25-13-43)78-58(68)44-14-18-46(19-15-44)60(70)80-50-34-37(3)57(41(7)40(50)6)81-61(71)47-20-16-45(17-21-47)59(69)79-49-22-10-42(11-23-49)30-32-72-53(64)26-27-55(66)75-36-38(4)76-52(63)9-2/h8-13,22-25,34,38-39,44-47H,1-2,14-21,26-33,35-36H2,3-7H3. The molecule has 0 aromatic heterocycles. The lowest BCUT2D eigenvalue weighted by Crippen LogP contribution is -2.31. The normalized spacial score (nSPS) is 17.3. The molecule has 2 saturated carbocycles. The molecule has 2 aliphatic carbocycles. The van der Waals surface area contributed by atoms with E-state index in [1.54, 1.807) is 89.2 Å². The van der Waals surface area contributed by atoms with Gasteiger partial charge in [-0.15, -0.1) is 0 Å². The number of ether oxygens (including phenoxy) is 10. The van der Waals surface area contributed by atoms with Crippen LogP contribution in [0.3, 0.4) is 0 Å². The van der Waals surface area contributed by atoms with Gasteiger partial charge in [-0.1, -0.05) is 37.4 Å². The van der Waals surface area contributed by atoms with Gasteiger partial charge in [0.1, 0.15) is 48.4 Å². The first-order chi connectivity index (χ1) is 38.7. The van der Waals surface area contributed by atoms with Crippen LogP contribution < -0.4 is 18.9 Å². The van der Waals surface area contributed by atoms with Crippen molar-refractivity contribution < 1.29 is 95.3 Å². The second kappa shape index (κ2) is 32.2. The van der Waals surface area contributed by atoms with Gasteiger partial charge in [0.05, 0.1) is 62.6 Å². The molecule has 3 aromatic rings. The number of rotatable bonds is 28. The Hall–Kier alpha value is -8.16. The second-order valence-electron chi connectivity index (χ2n) is 20.1. The Bertz CT molecular complexity index is 2730. The highest BCUT2D eigenvalue weighted by atomic mass is 16.6. The highest BCUT2D eigenvalue weighted by molar-refractivity contribution is 5.83. The molecule has 0 heterocycles. The number of aryl methyl sites for hydroxylation is 1. The molecular weight excluding hydrogens is 1050 g/mol. The maximum Gasteiger partial charge on any atom is 0.330 e. The maximum atomic E-state index is 13.5. The van der Waals surface area contributed by atoms with Crippen molar-refractivity contribution >= 4 is 59.7 Å². The van der Waals surface area contributed by atoms with E-state index in [9.17, 15) is 47.9 Å². The summed E-state index contributed by atoms with van der Waals surface area (Å²) in [6, 6.07) is 15.3. The van der Waals surface area contributed by atoms with E-state index in [0.29, 0.717) is 104 Å². The second-order valence-corrected chi connectivity index (χ2v) is 20.1. The van der Waals surface area contributed by atoms with E-state index in [4.69, 9.17) is 47.4 Å². The lowest BCUT2D eigenvalue weighted by molar-refractivity contribution is -0.157. The summed E-state index contributed by atoms with van der Waals surface area (Å²) in [5.74, 6) is -5.50. The van der Waals surface area contributed by atoms with Gasteiger partial charge >= 0.3 is 59.7 Å². The smallest absolute Gasteiger partial charge is 0.330 e. The van der Waals surface area contributed by atoms with Gasteiger partial charge in [-0.3, -0.25) is 38.4 Å². The van der Waals surface area contributed by atoms with Gasteiger partial charge in [-0.25, -0.2) is 9.59 Å². The molecule has 81 heavy (non-hydrogen) atoms. The Morgan fingerprint density at radius 3 is 1.30 bits per heavy atom. The van der Waals surface area contributed by atoms with Crippen LogP contribution in [0.25, 0.3) is 0 Å². The van der Waals surface area contributed by atoms with Crippen LogP contribution in [0, 0.1) is 44.4 Å². The van der Waals surface area contributed by atoms with E-state index in [-0.39, 0.29) is 52.1 Å². The fourth-order valence-electron chi connectivity index (χ4n) is 8.89. The summed E-state index contributed by atoms with van der Waals surface area (Å²) in [6.45, 7) is 14.9. The predicted octanol–water partition coefficient (Wildman–Crippen LogP) is 8.30. The van der Waals surface area contributed by atoms with Crippen molar-refractivity contribution in [2.24, 2.45) is 23.7 Å². The van der Waals surface area contributed by atoms with E-state index >= 15 is 0 Å². The fourth-order valence-corrected chi connectivity index (χ4v) is 8.89. The van der Waals surface area contributed by atoms with Crippen molar-refractivity contribution in [2.75, 3.05) is 26.4 Å². The molecule has 0 spiro atoms. The molecule has 20 heteroatoms. The van der Waals surface area contributed by atoms with Crippen LogP contribution in [-0.2, 0) is 89.2 Å². The minimum Gasteiger partial charge on any atom is -0.465 e. The third-order valence-corrected chi connectivity index (χ3v) is 13.8. The van der Waals surface area contributed by atoms with Crippen LogP contribution in [0.2, 0.25) is 0 Å². The number of esters is 10. The van der Waals surface area contributed by atoms with Crippen molar-refractivity contribution in [2.45, 2.75) is 137 Å². The van der Waals surface area contributed by atoms with Crippen molar-refractivity contribution in [1.29, 1.82) is 0 Å². The lowest BCUT2D eigenvalue weighted by Gasteiger charge is -2.27. The zero-order valence-corrected chi connectivity index (χ0v) is 46.6. The van der Waals surface area contributed by atoms with Crippen LogP contribution >= 0.6 is 0 Å². The van der Waals surface area contributed by atoms with Gasteiger partial charge < -0.3 is 47.4 Å². The van der Waals surface area contributed by atoms with Gasteiger partial charge in [0.25, 0.3) is 0 Å². The summed E-state index contributed by atoms with van der Waals surface area (Å²) in [6.07, 6.45) is 4.17. The minimum atomic E-state index is -0.684. The molecule has 0 amide bonds. The molecule has 2 unspecified atom stereocenters. The highest BCUT2D eigenvalue weighted by Crippen LogP contribution is 2.38. The van der Waals surface area contributed by atoms with Gasteiger partial charge in [0.2, 0.25) is 0 Å². The third-order valence-electron chi connectivity index (χ3n) is 13.8. The molecule has 5 rings (SSSR count). The largest absolute Gasteiger partial charge is 0.465 e. The van der Waals surface area contributed by atoms with E-state index in [0.717, 1.165) is 23.3 Å². The zero-order valence-electron chi connectivity index (χ0n) is 46.6. The number of benzene rings is 3. The lowest BCUT2D eigenvalue weighted by atomic mass is 9.82. The van der Waals surface area contributed by atoms with Crippen molar-refractivity contribution in [3.63, 3.8) is 0 Å². The van der Waals surface area contributed by atoms with Gasteiger partial charge in [0, 0.05) is 25.0 Å². The Kier molecular flexibility index (Phi) is 25.3. The van der Waals surface area contributed by atoms with Crippen molar-refractivity contribution in [1.82, 2.24) is 0 Å². The predicted molar refractivity (Wildman–Crippen MR) is 288 cm³/mol. The van der Waals surface area contributed by atoms with Gasteiger partial charge in [-0.2, -0.15) is 0 Å². The summed E-state index contributed by atoms with van der Waals surface area (Å²) < 4.78 is 53.5. The molecule has 0 N–H and O–H groups in total. The molecule has 0 saturated heterocycles. The highest BCUT2D eigenvalue weighted by Gasteiger charge is 2.35. The zero-order chi connectivity index (χ0) is 59.0. The van der Waals surface area contributed by atoms with Crippen LogP contribution in [0.15, 0.2) is 79.9 Å². The Labute approximate surface area is 471 Å². The van der Waals surface area contributed by atoms with Gasteiger partial charge in [0.15, 0.2) is 0 Å². The number of carbonyl (C=O) groups is 10. The summed E-state index contributed by atoms with van der Waals surface area (Å²) in [5.41, 5.74) is 3.56. The van der Waals surface area contributed by atoms with Crippen LogP contribution in [-0.4, -0.2) is 98.3 Å². The van der Waals surface area contributed by atoms with Crippen molar-refractivity contribution in [3.8, 4) is 23.0 Å². The van der Waals surface area contributed by atoms with Gasteiger partial charge in [-0.05, 0) is 144 Å². The third kappa shape index (κ3) is 21.4. The molecule has 0 radical (unpaired) electrons. The summed E-state index contributed by atoms with van der Waals surface area (Å²) >= 11 is 0. The molecule has 0 bridgehead atoms. The molecule has 2 atom stereocenters. The number of hydrogen-bond acceptors (Lipinski definition) is 20. The molecule has 20 nitrogen and oxygen atoms in total. The SMILES string of the molecule is C=CC(=O)OCC(C)OC(=O)CCC(=O)OCCc1ccc(OC(=O)C2CCC(C(=O)Oc3cc(C)c(OC(=O)C4CCC(C(=O)Oc5ccc(CCOC(=O)CCC(=O)OCC(C)OC(=O)C=C)cc5)CC4)c(C)c3C)CC2)cc1. The van der Waals surface area contributed by atoms with E-state index < -0.39 is 95.6 Å². The number of hydrogen-bond donors (Lipinski definition) is 0. The molecule has 3 aromatic carbocycles. The Morgan fingerprint density at radius 2 is 0.852 bits per heavy atom. The van der Waals surface area contributed by atoms with E-state index in [2.05, 4.69) is 13.2 Å². The Balaban J connectivity index is 0.954. The van der Waals surface area contributed by atoms with Crippen LogP contribution in [0.4, 0.5) is 0 Å². The first-order valence-electron chi connectivity index (χ1n) is 27.2.